The van der Waals surface area contributed by atoms with E-state index in [0.29, 0.717) is 0 Å². The Labute approximate surface area is 139 Å². The van der Waals surface area contributed by atoms with Gasteiger partial charge in [-0.25, -0.2) is 22.9 Å². The molecule has 1 aromatic heterocycles. The van der Waals surface area contributed by atoms with Gasteiger partial charge in [0.25, 0.3) is 0 Å². The number of alkyl halides is 1. The minimum atomic E-state index is -1.77. The Balaban J connectivity index is 2.84. The summed E-state index contributed by atoms with van der Waals surface area (Å²) < 4.78 is 47.3. The van der Waals surface area contributed by atoms with E-state index >= 15 is 0 Å². The normalized spacial score (nSPS) is 12.1. The van der Waals surface area contributed by atoms with Gasteiger partial charge in [-0.3, -0.25) is 0 Å². The molecule has 1 atom stereocenters. The summed E-state index contributed by atoms with van der Waals surface area (Å²) >= 11 is 5.75. The number of nitrogens with two attached hydrogens (primary N) is 1. The number of halogens is 4. The Morgan fingerprint density at radius 3 is 2.50 bits per heavy atom. The van der Waals surface area contributed by atoms with Crippen molar-refractivity contribution in [3.05, 3.63) is 40.0 Å². The van der Waals surface area contributed by atoms with Gasteiger partial charge < -0.3 is 15.6 Å². The second-order valence-electron chi connectivity index (χ2n) is 4.81. The van der Waals surface area contributed by atoms with Crippen LogP contribution in [-0.4, -0.2) is 23.2 Å². The van der Waals surface area contributed by atoms with E-state index < -0.39 is 57.7 Å². The molecule has 3 N–H and O–H groups in total. The van der Waals surface area contributed by atoms with Gasteiger partial charge in [-0.2, -0.15) is 0 Å². The Morgan fingerprint density at radius 1 is 1.38 bits per heavy atom. The van der Waals surface area contributed by atoms with E-state index in [2.05, 4.69) is 4.98 Å². The van der Waals surface area contributed by atoms with Gasteiger partial charge >= 0.3 is 5.97 Å². The van der Waals surface area contributed by atoms with Crippen LogP contribution in [0.25, 0.3) is 11.3 Å². The summed E-state index contributed by atoms with van der Waals surface area (Å²) in [5.74, 6) is -4.37. The third kappa shape index (κ3) is 2.84. The van der Waals surface area contributed by atoms with Crippen molar-refractivity contribution in [3.8, 4) is 17.0 Å². The number of aromatic carboxylic acids is 1. The van der Waals surface area contributed by atoms with Crippen LogP contribution in [0.5, 0.6) is 5.75 Å². The summed E-state index contributed by atoms with van der Waals surface area (Å²) in [6.07, 6.45) is -1.77. The van der Waals surface area contributed by atoms with E-state index in [1.807, 2.05) is 0 Å². The molecule has 1 unspecified atom stereocenters. The third-order valence-corrected chi connectivity index (χ3v) is 3.64. The summed E-state index contributed by atoms with van der Waals surface area (Å²) in [7, 11) is 1.09. The second kappa shape index (κ2) is 6.56. The molecule has 0 aliphatic carbocycles. The number of methoxy groups -OCH3 is 1. The standard InChI is InChI=1S/C15H12ClF3N2O3/c1-5(17)8-7(16)4-3-6(9(8)18)12-10(19)11(20)14(24-2)13(21-12)15(22)23/h3-5H,1-2H3,(H2,20,21)(H,22,23). The summed E-state index contributed by atoms with van der Waals surface area (Å²) in [6, 6.07) is 2.22. The first kappa shape index (κ1) is 17.9. The van der Waals surface area contributed by atoms with Crippen molar-refractivity contribution in [1.29, 1.82) is 0 Å². The number of aromatic nitrogens is 1. The van der Waals surface area contributed by atoms with E-state index in [-0.39, 0.29) is 5.02 Å². The van der Waals surface area contributed by atoms with Gasteiger partial charge in [0.1, 0.15) is 23.4 Å². The maximum absolute atomic E-state index is 14.5. The molecule has 0 radical (unpaired) electrons. The van der Waals surface area contributed by atoms with E-state index in [0.717, 1.165) is 26.2 Å². The molecular weight excluding hydrogens is 349 g/mol. The summed E-state index contributed by atoms with van der Waals surface area (Å²) in [5.41, 5.74) is 2.55. The van der Waals surface area contributed by atoms with Crippen LogP contribution in [0.4, 0.5) is 18.9 Å². The molecule has 0 saturated heterocycles. The van der Waals surface area contributed by atoms with Crippen LogP contribution in [0, 0.1) is 11.6 Å². The zero-order valence-corrected chi connectivity index (χ0v) is 13.3. The fraction of sp³-hybridized carbons (Fsp3) is 0.200. The maximum Gasteiger partial charge on any atom is 0.358 e. The highest BCUT2D eigenvalue weighted by Gasteiger charge is 2.27. The molecule has 0 fully saturated rings. The highest BCUT2D eigenvalue weighted by Crippen LogP contribution is 2.38. The second-order valence-corrected chi connectivity index (χ2v) is 5.22. The monoisotopic (exact) mass is 360 g/mol. The number of carbonyl (C=O) groups is 1. The van der Waals surface area contributed by atoms with Crippen LogP contribution < -0.4 is 10.5 Å². The molecule has 0 bridgehead atoms. The van der Waals surface area contributed by atoms with Gasteiger partial charge in [0.15, 0.2) is 17.3 Å². The predicted molar refractivity (Wildman–Crippen MR) is 82.0 cm³/mol. The average Bonchev–Trinajstić information content (AvgIpc) is 2.50. The van der Waals surface area contributed by atoms with E-state index in [1.54, 1.807) is 0 Å². The van der Waals surface area contributed by atoms with Crippen LogP contribution in [0.1, 0.15) is 29.1 Å². The molecule has 0 spiro atoms. The first-order valence-electron chi connectivity index (χ1n) is 6.59. The molecule has 9 heteroatoms. The molecule has 5 nitrogen and oxygen atoms in total. The molecule has 24 heavy (non-hydrogen) atoms. The molecule has 2 aromatic rings. The molecule has 0 aliphatic heterocycles. The molecule has 1 aromatic carbocycles. The van der Waals surface area contributed by atoms with Gasteiger partial charge in [-0.15, -0.1) is 0 Å². The number of anilines is 1. The SMILES string of the molecule is COc1c(C(=O)O)nc(-c2ccc(Cl)c(C(C)F)c2F)c(F)c1N. The van der Waals surface area contributed by atoms with E-state index in [4.69, 9.17) is 27.2 Å². The molecule has 128 valence electrons. The molecular formula is C15H12ClF3N2O3. The van der Waals surface area contributed by atoms with Crippen molar-refractivity contribution in [3.63, 3.8) is 0 Å². The van der Waals surface area contributed by atoms with Crippen LogP contribution >= 0.6 is 11.6 Å². The zero-order valence-electron chi connectivity index (χ0n) is 12.5. The van der Waals surface area contributed by atoms with Crippen molar-refractivity contribution in [1.82, 2.24) is 4.98 Å². The lowest BCUT2D eigenvalue weighted by Crippen LogP contribution is -2.11. The van der Waals surface area contributed by atoms with Gasteiger partial charge in [0, 0.05) is 16.1 Å². The minimum Gasteiger partial charge on any atom is -0.492 e. The van der Waals surface area contributed by atoms with Crippen LogP contribution in [-0.2, 0) is 0 Å². The summed E-state index contributed by atoms with van der Waals surface area (Å²) in [4.78, 5) is 14.8. The Bertz CT molecular complexity index is 828. The van der Waals surface area contributed by atoms with Gasteiger partial charge in [-0.1, -0.05) is 11.6 Å². The lowest BCUT2D eigenvalue weighted by Gasteiger charge is -2.15. The number of ether oxygens (including phenoxy) is 1. The fourth-order valence-corrected chi connectivity index (χ4v) is 2.51. The molecule has 0 saturated carbocycles. The first-order valence-corrected chi connectivity index (χ1v) is 6.97. The Hall–Kier alpha value is -2.48. The Kier molecular flexibility index (Phi) is 4.88. The summed E-state index contributed by atoms with van der Waals surface area (Å²) in [5, 5.41) is 8.96. The van der Waals surface area contributed by atoms with Gasteiger partial charge in [-0.05, 0) is 19.1 Å². The van der Waals surface area contributed by atoms with Gasteiger partial charge in [0.2, 0.25) is 0 Å². The lowest BCUT2D eigenvalue weighted by atomic mass is 10.0. The highest BCUT2D eigenvalue weighted by molar-refractivity contribution is 6.31. The van der Waals surface area contributed by atoms with Crippen LogP contribution in [0.3, 0.4) is 0 Å². The van der Waals surface area contributed by atoms with E-state index in [9.17, 15) is 18.0 Å². The largest absolute Gasteiger partial charge is 0.492 e. The molecule has 1 heterocycles. The number of nitrogens with zero attached hydrogens (tertiary/aromatic N) is 1. The zero-order chi connectivity index (χ0) is 18.2. The van der Waals surface area contributed by atoms with Crippen molar-refractivity contribution >= 4 is 23.3 Å². The van der Waals surface area contributed by atoms with Crippen molar-refractivity contribution in [2.24, 2.45) is 0 Å². The Morgan fingerprint density at radius 2 is 2.00 bits per heavy atom. The highest BCUT2D eigenvalue weighted by atomic mass is 35.5. The number of nitrogen functional groups attached to an aromatic ring is 1. The van der Waals surface area contributed by atoms with Crippen molar-refractivity contribution < 1.29 is 27.8 Å². The lowest BCUT2D eigenvalue weighted by molar-refractivity contribution is 0.0686. The summed E-state index contributed by atoms with van der Waals surface area (Å²) in [6.45, 7) is 1.06. The molecule has 0 amide bonds. The number of benzene rings is 1. The third-order valence-electron chi connectivity index (χ3n) is 3.31. The number of hydrogen-bond acceptors (Lipinski definition) is 4. The number of rotatable bonds is 4. The van der Waals surface area contributed by atoms with Crippen molar-refractivity contribution in [2.45, 2.75) is 13.1 Å². The first-order chi connectivity index (χ1) is 11.2. The smallest absolute Gasteiger partial charge is 0.358 e. The molecule has 2 rings (SSSR count). The average molecular weight is 361 g/mol. The topological polar surface area (TPSA) is 85.4 Å². The molecule has 0 aliphatic rings. The van der Waals surface area contributed by atoms with E-state index in [1.165, 1.54) is 0 Å². The predicted octanol–water partition coefficient (Wildman–Crippen LogP) is 4.00. The number of hydrogen-bond donors (Lipinski definition) is 2. The maximum atomic E-state index is 14.5. The minimum absolute atomic E-state index is 0.188. The van der Waals surface area contributed by atoms with Gasteiger partial charge in [0.05, 0.1) is 7.11 Å². The quantitative estimate of drug-likeness (QED) is 0.860. The van der Waals surface area contributed by atoms with Crippen LogP contribution in [0.15, 0.2) is 12.1 Å². The van der Waals surface area contributed by atoms with Crippen molar-refractivity contribution in [2.75, 3.05) is 12.8 Å². The van der Waals surface area contributed by atoms with Crippen LogP contribution in [0.2, 0.25) is 5.02 Å². The number of carboxylic acids is 1. The number of carboxylic acid groups (broad SMARTS) is 1. The fourth-order valence-electron chi connectivity index (χ4n) is 2.21. The number of pyridine rings is 1.